The quantitative estimate of drug-likeness (QED) is 0.568. The Morgan fingerprint density at radius 3 is 1.80 bits per heavy atom. The fourth-order valence-corrected chi connectivity index (χ4v) is 2.48. The molecule has 15 heavy (non-hydrogen) atoms. The highest BCUT2D eigenvalue weighted by Crippen LogP contribution is 2.21. The minimum atomic E-state index is 0.773. The molecule has 0 rings (SSSR count). The summed E-state index contributed by atoms with van der Waals surface area (Å²) in [6.45, 7) is 10.3. The minimum Gasteiger partial charge on any atom is -0.314 e. The van der Waals surface area contributed by atoms with Crippen LogP contribution in [0.25, 0.3) is 0 Å². The molecule has 0 saturated carbocycles. The Hall–Kier alpha value is -0.0400. The number of nitrogens with one attached hydrogen (secondary N) is 1. The summed E-state index contributed by atoms with van der Waals surface area (Å²) < 4.78 is 0. The van der Waals surface area contributed by atoms with Crippen LogP contribution >= 0.6 is 0 Å². The molecular formula is C14H31N. The topological polar surface area (TPSA) is 12.0 Å². The lowest BCUT2D eigenvalue weighted by molar-refractivity contribution is 0.295. The van der Waals surface area contributed by atoms with Crippen LogP contribution in [-0.2, 0) is 0 Å². The third-order valence-corrected chi connectivity index (χ3v) is 3.22. The van der Waals surface area contributed by atoms with Crippen LogP contribution in [0.15, 0.2) is 0 Å². The summed E-state index contributed by atoms with van der Waals surface area (Å²) in [5.41, 5.74) is 0. The van der Waals surface area contributed by atoms with Crippen molar-refractivity contribution in [2.45, 2.75) is 78.7 Å². The van der Waals surface area contributed by atoms with Gasteiger partial charge in [-0.3, -0.25) is 0 Å². The Kier molecular flexibility index (Phi) is 10.4. The highest BCUT2D eigenvalue weighted by molar-refractivity contribution is 4.75. The Balaban J connectivity index is 4.09. The molecule has 0 aromatic heterocycles. The van der Waals surface area contributed by atoms with Gasteiger partial charge < -0.3 is 5.32 Å². The van der Waals surface area contributed by atoms with Crippen LogP contribution in [0.2, 0.25) is 0 Å². The Labute approximate surface area is 97.0 Å². The summed E-state index contributed by atoms with van der Waals surface area (Å²) in [7, 11) is 0. The first-order valence-corrected chi connectivity index (χ1v) is 7.03. The van der Waals surface area contributed by atoms with Crippen molar-refractivity contribution in [1.82, 2.24) is 5.32 Å². The second-order valence-electron chi connectivity index (χ2n) is 4.64. The van der Waals surface area contributed by atoms with E-state index in [-0.39, 0.29) is 0 Å². The molecule has 1 unspecified atom stereocenters. The number of hydrogen-bond donors (Lipinski definition) is 1. The molecule has 0 aliphatic carbocycles. The van der Waals surface area contributed by atoms with E-state index in [0.29, 0.717) is 0 Å². The van der Waals surface area contributed by atoms with Gasteiger partial charge in [0.25, 0.3) is 0 Å². The lowest BCUT2D eigenvalue weighted by Gasteiger charge is -2.27. The molecule has 0 spiro atoms. The molecule has 0 aliphatic rings. The molecule has 0 aromatic carbocycles. The van der Waals surface area contributed by atoms with E-state index in [1.54, 1.807) is 0 Å². The normalized spacial score (nSPS) is 13.4. The van der Waals surface area contributed by atoms with Gasteiger partial charge in [-0.1, -0.05) is 53.4 Å². The Morgan fingerprint density at radius 2 is 1.40 bits per heavy atom. The van der Waals surface area contributed by atoms with Gasteiger partial charge in [-0.2, -0.15) is 0 Å². The maximum atomic E-state index is 3.69. The maximum Gasteiger partial charge on any atom is 0.00952 e. The summed E-state index contributed by atoms with van der Waals surface area (Å²) in [5, 5.41) is 3.69. The van der Waals surface area contributed by atoms with Crippen LogP contribution in [0.3, 0.4) is 0 Å². The van der Waals surface area contributed by atoms with Crippen LogP contribution in [0.4, 0.5) is 0 Å². The summed E-state index contributed by atoms with van der Waals surface area (Å²) in [6, 6.07) is 0.773. The van der Waals surface area contributed by atoms with Crippen molar-refractivity contribution in [3.8, 4) is 0 Å². The first-order valence-electron chi connectivity index (χ1n) is 7.03. The van der Waals surface area contributed by atoms with Crippen LogP contribution in [0, 0.1) is 5.92 Å². The molecule has 0 saturated heterocycles. The van der Waals surface area contributed by atoms with Crippen LogP contribution in [-0.4, -0.2) is 12.6 Å². The second-order valence-corrected chi connectivity index (χ2v) is 4.64. The third kappa shape index (κ3) is 6.94. The Morgan fingerprint density at radius 1 is 0.800 bits per heavy atom. The van der Waals surface area contributed by atoms with Crippen molar-refractivity contribution in [1.29, 1.82) is 0 Å². The predicted molar refractivity (Wildman–Crippen MR) is 70.3 cm³/mol. The van der Waals surface area contributed by atoms with Gasteiger partial charge in [0.05, 0.1) is 0 Å². The lowest BCUT2D eigenvalue weighted by Crippen LogP contribution is -2.36. The molecule has 1 heteroatoms. The van der Waals surface area contributed by atoms with Gasteiger partial charge >= 0.3 is 0 Å². The molecule has 0 bridgehead atoms. The first kappa shape index (κ1) is 15.0. The number of rotatable bonds is 10. The SMILES string of the molecule is CCCCC(NCC)C(CCC)CCC. The maximum absolute atomic E-state index is 3.69. The molecule has 1 atom stereocenters. The minimum absolute atomic E-state index is 0.773. The van der Waals surface area contributed by atoms with Crippen LogP contribution in [0.5, 0.6) is 0 Å². The van der Waals surface area contributed by atoms with Crippen molar-refractivity contribution in [2.24, 2.45) is 5.92 Å². The number of hydrogen-bond acceptors (Lipinski definition) is 1. The molecule has 0 fully saturated rings. The van der Waals surface area contributed by atoms with Gasteiger partial charge in [0.15, 0.2) is 0 Å². The summed E-state index contributed by atoms with van der Waals surface area (Å²) in [5.74, 6) is 0.909. The third-order valence-electron chi connectivity index (χ3n) is 3.22. The van der Waals surface area contributed by atoms with Crippen LogP contribution in [0.1, 0.15) is 72.6 Å². The van der Waals surface area contributed by atoms with Gasteiger partial charge in [0, 0.05) is 6.04 Å². The van der Waals surface area contributed by atoms with Crippen molar-refractivity contribution in [3.63, 3.8) is 0 Å². The van der Waals surface area contributed by atoms with E-state index >= 15 is 0 Å². The van der Waals surface area contributed by atoms with E-state index in [2.05, 4.69) is 33.0 Å². The smallest absolute Gasteiger partial charge is 0.00952 e. The molecule has 0 heterocycles. The van der Waals surface area contributed by atoms with Crippen molar-refractivity contribution < 1.29 is 0 Å². The standard InChI is InChI=1S/C14H31N/c1-5-9-12-14(15-8-4)13(10-6-2)11-7-3/h13-15H,5-12H2,1-4H3. The van der Waals surface area contributed by atoms with Gasteiger partial charge in [-0.05, 0) is 31.7 Å². The first-order chi connectivity index (χ1) is 7.29. The zero-order valence-corrected chi connectivity index (χ0v) is 11.3. The molecule has 0 aliphatic heterocycles. The summed E-state index contributed by atoms with van der Waals surface area (Å²) in [6.07, 6.45) is 9.53. The lowest BCUT2D eigenvalue weighted by atomic mass is 9.87. The average Bonchev–Trinajstić information content (AvgIpc) is 2.24. The zero-order valence-electron chi connectivity index (χ0n) is 11.3. The molecule has 1 nitrogen and oxygen atoms in total. The Bertz CT molecular complexity index is 117. The highest BCUT2D eigenvalue weighted by Gasteiger charge is 2.18. The molecule has 0 aromatic rings. The van der Waals surface area contributed by atoms with Gasteiger partial charge in [-0.25, -0.2) is 0 Å². The van der Waals surface area contributed by atoms with Gasteiger partial charge in [0.2, 0.25) is 0 Å². The average molecular weight is 213 g/mol. The molecule has 0 radical (unpaired) electrons. The van der Waals surface area contributed by atoms with Crippen molar-refractivity contribution >= 4 is 0 Å². The van der Waals surface area contributed by atoms with E-state index in [0.717, 1.165) is 18.5 Å². The molecule has 1 N–H and O–H groups in total. The summed E-state index contributed by atoms with van der Waals surface area (Å²) >= 11 is 0. The summed E-state index contributed by atoms with van der Waals surface area (Å²) in [4.78, 5) is 0. The second kappa shape index (κ2) is 10.5. The number of unbranched alkanes of at least 4 members (excludes halogenated alkanes) is 1. The van der Waals surface area contributed by atoms with E-state index in [1.165, 1.54) is 44.9 Å². The largest absolute Gasteiger partial charge is 0.314 e. The van der Waals surface area contributed by atoms with Crippen molar-refractivity contribution in [3.05, 3.63) is 0 Å². The fourth-order valence-electron chi connectivity index (χ4n) is 2.48. The molecule has 92 valence electrons. The van der Waals surface area contributed by atoms with E-state index < -0.39 is 0 Å². The van der Waals surface area contributed by atoms with E-state index in [9.17, 15) is 0 Å². The molecule has 0 amide bonds. The van der Waals surface area contributed by atoms with Gasteiger partial charge in [0.1, 0.15) is 0 Å². The molecular weight excluding hydrogens is 182 g/mol. The fraction of sp³-hybridized carbons (Fsp3) is 1.00. The highest BCUT2D eigenvalue weighted by atomic mass is 14.9. The van der Waals surface area contributed by atoms with Gasteiger partial charge in [-0.15, -0.1) is 0 Å². The van der Waals surface area contributed by atoms with E-state index in [1.807, 2.05) is 0 Å². The monoisotopic (exact) mass is 213 g/mol. The predicted octanol–water partition coefficient (Wildman–Crippen LogP) is 4.37. The van der Waals surface area contributed by atoms with E-state index in [4.69, 9.17) is 0 Å². The van der Waals surface area contributed by atoms with Crippen LogP contribution < -0.4 is 5.32 Å². The zero-order chi connectivity index (χ0) is 11.5. The van der Waals surface area contributed by atoms with Crippen molar-refractivity contribution in [2.75, 3.05) is 6.54 Å².